The van der Waals surface area contributed by atoms with Crippen molar-refractivity contribution in [2.24, 2.45) is 0 Å². The van der Waals surface area contributed by atoms with Crippen LogP contribution in [0.3, 0.4) is 0 Å². The number of amides is 1. The number of nitrogens with zero attached hydrogens (tertiary/aromatic N) is 1. The van der Waals surface area contributed by atoms with E-state index in [1.807, 2.05) is 45.9 Å². The lowest BCUT2D eigenvalue weighted by Crippen LogP contribution is -2.38. The highest BCUT2D eigenvalue weighted by Crippen LogP contribution is 2.31. The Morgan fingerprint density at radius 3 is 2.43 bits per heavy atom. The van der Waals surface area contributed by atoms with Gasteiger partial charge in [-0.15, -0.1) is 0 Å². The average Bonchev–Trinajstić information content (AvgIpc) is 2.61. The van der Waals surface area contributed by atoms with Crippen LogP contribution in [0.1, 0.15) is 37.8 Å². The molecule has 0 aliphatic rings. The second-order valence-electron chi connectivity index (χ2n) is 6.91. The van der Waals surface area contributed by atoms with Crippen LogP contribution in [-0.4, -0.2) is 33.7 Å². The lowest BCUT2D eigenvalue weighted by Gasteiger charge is -2.25. The van der Waals surface area contributed by atoms with E-state index < -0.39 is 15.9 Å². The fourth-order valence-corrected chi connectivity index (χ4v) is 3.83. The zero-order valence-electron chi connectivity index (χ0n) is 17.0. The lowest BCUT2D eigenvalue weighted by atomic mass is 9.98. The van der Waals surface area contributed by atoms with Gasteiger partial charge in [0.1, 0.15) is 12.3 Å². The molecule has 0 radical (unpaired) electrons. The number of sulfonamides is 1. The molecule has 2 rings (SSSR count). The van der Waals surface area contributed by atoms with Gasteiger partial charge in [0.05, 0.1) is 18.6 Å². The molecule has 0 spiro atoms. The normalized spacial score (nSPS) is 11.4. The zero-order chi connectivity index (χ0) is 20.9. The summed E-state index contributed by atoms with van der Waals surface area (Å²) in [7, 11) is -3.69. The molecule has 6 nitrogen and oxygen atoms in total. The van der Waals surface area contributed by atoms with Crippen LogP contribution in [-0.2, 0) is 14.8 Å². The molecular formula is C21H28N2O4S. The van der Waals surface area contributed by atoms with Gasteiger partial charge in [0.15, 0.2) is 0 Å². The number of aryl methyl sites for hydroxylation is 1. The summed E-state index contributed by atoms with van der Waals surface area (Å²) in [6.07, 6.45) is 1.08. The SMILES string of the molecule is CCOc1ccccc1N(CC(=O)Nc1c(C)cccc1C(C)C)S(C)(=O)=O. The first-order valence-corrected chi connectivity index (χ1v) is 11.1. The molecule has 1 amide bonds. The third kappa shape index (κ3) is 5.25. The first kappa shape index (κ1) is 21.8. The molecule has 152 valence electrons. The van der Waals surface area contributed by atoms with Gasteiger partial charge in [-0.1, -0.05) is 44.2 Å². The van der Waals surface area contributed by atoms with Gasteiger partial charge in [-0.2, -0.15) is 0 Å². The van der Waals surface area contributed by atoms with Crippen LogP contribution in [0.15, 0.2) is 42.5 Å². The van der Waals surface area contributed by atoms with Gasteiger partial charge in [-0.25, -0.2) is 8.42 Å². The lowest BCUT2D eigenvalue weighted by molar-refractivity contribution is -0.114. The van der Waals surface area contributed by atoms with Crippen LogP contribution in [0, 0.1) is 6.92 Å². The Bertz CT molecular complexity index is 939. The quantitative estimate of drug-likeness (QED) is 0.723. The summed E-state index contributed by atoms with van der Waals surface area (Å²) in [5, 5.41) is 2.90. The van der Waals surface area contributed by atoms with E-state index in [0.29, 0.717) is 18.0 Å². The van der Waals surface area contributed by atoms with Crippen molar-refractivity contribution in [3.8, 4) is 5.75 Å². The highest BCUT2D eigenvalue weighted by Gasteiger charge is 2.24. The number of ether oxygens (including phenoxy) is 1. The summed E-state index contributed by atoms with van der Waals surface area (Å²) in [6, 6.07) is 12.6. The van der Waals surface area contributed by atoms with E-state index in [2.05, 4.69) is 5.32 Å². The van der Waals surface area contributed by atoms with E-state index >= 15 is 0 Å². The van der Waals surface area contributed by atoms with Crippen molar-refractivity contribution in [2.45, 2.75) is 33.6 Å². The Morgan fingerprint density at radius 2 is 1.82 bits per heavy atom. The van der Waals surface area contributed by atoms with Crippen LogP contribution in [0.4, 0.5) is 11.4 Å². The standard InChI is InChI=1S/C21H28N2O4S/c1-6-27-19-13-8-7-12-18(19)23(28(5,25)26)14-20(24)22-21-16(4)10-9-11-17(21)15(2)3/h7-13,15H,6,14H2,1-5H3,(H,22,24). The van der Waals surface area contributed by atoms with E-state index in [1.165, 1.54) is 0 Å². The number of carbonyl (C=O) groups excluding carboxylic acids is 1. The Hall–Kier alpha value is -2.54. The summed E-state index contributed by atoms with van der Waals surface area (Å²) in [6.45, 7) is 7.88. The molecular weight excluding hydrogens is 376 g/mol. The van der Waals surface area contributed by atoms with Gasteiger partial charge >= 0.3 is 0 Å². The zero-order valence-corrected chi connectivity index (χ0v) is 17.8. The number of hydrogen-bond donors (Lipinski definition) is 1. The molecule has 0 atom stereocenters. The van der Waals surface area contributed by atoms with Gasteiger partial charge in [-0.3, -0.25) is 9.10 Å². The molecule has 0 saturated carbocycles. The summed E-state index contributed by atoms with van der Waals surface area (Å²) >= 11 is 0. The molecule has 28 heavy (non-hydrogen) atoms. The fourth-order valence-electron chi connectivity index (χ4n) is 2.97. The highest BCUT2D eigenvalue weighted by atomic mass is 32.2. The van der Waals surface area contributed by atoms with Crippen molar-refractivity contribution in [1.82, 2.24) is 0 Å². The maximum absolute atomic E-state index is 12.8. The van der Waals surface area contributed by atoms with Crippen molar-refractivity contribution in [3.05, 3.63) is 53.6 Å². The molecule has 1 N–H and O–H groups in total. The van der Waals surface area contributed by atoms with Gasteiger partial charge in [-0.05, 0) is 43.0 Å². The van der Waals surface area contributed by atoms with Crippen molar-refractivity contribution in [3.63, 3.8) is 0 Å². The van der Waals surface area contributed by atoms with Crippen LogP contribution < -0.4 is 14.4 Å². The van der Waals surface area contributed by atoms with Gasteiger partial charge in [0.25, 0.3) is 0 Å². The summed E-state index contributed by atoms with van der Waals surface area (Å²) in [4.78, 5) is 12.8. The van der Waals surface area contributed by atoms with Crippen LogP contribution >= 0.6 is 0 Å². The second kappa shape index (κ2) is 9.10. The highest BCUT2D eigenvalue weighted by molar-refractivity contribution is 7.92. The maximum atomic E-state index is 12.8. The minimum Gasteiger partial charge on any atom is -0.492 e. The molecule has 0 aromatic heterocycles. The molecule has 0 heterocycles. The summed E-state index contributed by atoms with van der Waals surface area (Å²) < 4.78 is 31.4. The van der Waals surface area contributed by atoms with E-state index in [1.54, 1.807) is 24.3 Å². The van der Waals surface area contributed by atoms with Crippen LogP contribution in [0.5, 0.6) is 5.75 Å². The molecule has 2 aromatic carbocycles. The average molecular weight is 405 g/mol. The van der Waals surface area contributed by atoms with E-state index in [0.717, 1.165) is 27.4 Å². The number of nitrogens with one attached hydrogen (secondary N) is 1. The molecule has 0 bridgehead atoms. The fraction of sp³-hybridized carbons (Fsp3) is 0.381. The third-order valence-corrected chi connectivity index (χ3v) is 5.44. The van der Waals surface area contributed by atoms with Gasteiger partial charge in [0.2, 0.25) is 15.9 Å². The Morgan fingerprint density at radius 1 is 1.14 bits per heavy atom. The third-order valence-electron chi connectivity index (χ3n) is 4.31. The maximum Gasteiger partial charge on any atom is 0.245 e. The summed E-state index contributed by atoms with van der Waals surface area (Å²) in [5.41, 5.74) is 3.01. The number of para-hydroxylation sites is 3. The van der Waals surface area contributed by atoms with E-state index in [4.69, 9.17) is 4.74 Å². The molecule has 0 fully saturated rings. The first-order valence-electron chi connectivity index (χ1n) is 9.24. The molecule has 0 saturated heterocycles. The Balaban J connectivity index is 2.35. The number of anilines is 2. The van der Waals surface area contributed by atoms with E-state index in [-0.39, 0.29) is 12.5 Å². The van der Waals surface area contributed by atoms with Gasteiger partial charge in [0, 0.05) is 5.69 Å². The minimum absolute atomic E-state index is 0.222. The summed E-state index contributed by atoms with van der Waals surface area (Å²) in [5.74, 6) is 0.231. The number of rotatable bonds is 8. The topological polar surface area (TPSA) is 75.7 Å². The molecule has 2 aromatic rings. The Kier molecular flexibility index (Phi) is 7.07. The number of benzene rings is 2. The van der Waals surface area contributed by atoms with Crippen molar-refractivity contribution in [1.29, 1.82) is 0 Å². The molecule has 0 unspecified atom stereocenters. The molecule has 0 aliphatic heterocycles. The monoisotopic (exact) mass is 404 g/mol. The van der Waals surface area contributed by atoms with Crippen LogP contribution in [0.2, 0.25) is 0 Å². The molecule has 0 aliphatic carbocycles. The molecule has 7 heteroatoms. The van der Waals surface area contributed by atoms with Crippen molar-refractivity contribution in [2.75, 3.05) is 29.0 Å². The van der Waals surface area contributed by atoms with Crippen molar-refractivity contribution >= 4 is 27.3 Å². The van der Waals surface area contributed by atoms with Crippen LogP contribution in [0.25, 0.3) is 0 Å². The predicted octanol–water partition coefficient (Wildman–Crippen LogP) is 3.92. The predicted molar refractivity (Wildman–Crippen MR) is 114 cm³/mol. The van der Waals surface area contributed by atoms with Crippen molar-refractivity contribution < 1.29 is 17.9 Å². The second-order valence-corrected chi connectivity index (χ2v) is 8.82. The Labute approximate surface area is 167 Å². The largest absolute Gasteiger partial charge is 0.492 e. The minimum atomic E-state index is -3.69. The first-order chi connectivity index (χ1) is 13.1. The number of hydrogen-bond acceptors (Lipinski definition) is 4. The van der Waals surface area contributed by atoms with E-state index in [9.17, 15) is 13.2 Å². The van der Waals surface area contributed by atoms with Gasteiger partial charge < -0.3 is 10.1 Å². The number of carbonyl (C=O) groups is 1. The smallest absolute Gasteiger partial charge is 0.245 e.